The van der Waals surface area contributed by atoms with Crippen LogP contribution in [0.5, 0.6) is 0 Å². The lowest BCUT2D eigenvalue weighted by Gasteiger charge is -2.10. The van der Waals surface area contributed by atoms with Gasteiger partial charge in [-0.25, -0.2) is 0 Å². The van der Waals surface area contributed by atoms with Gasteiger partial charge in [-0.3, -0.25) is 14.4 Å². The van der Waals surface area contributed by atoms with Gasteiger partial charge in [0.1, 0.15) is 6.61 Å². The molecule has 1 amide bonds. The summed E-state index contributed by atoms with van der Waals surface area (Å²) in [5.74, 6) is -0.560. The van der Waals surface area contributed by atoms with Crippen LogP contribution in [0.3, 0.4) is 0 Å². The molecule has 1 aliphatic heterocycles. The van der Waals surface area contributed by atoms with Gasteiger partial charge in [-0.2, -0.15) is 0 Å². The molecule has 1 N–H and O–H groups in total. The lowest BCUT2D eigenvalue weighted by atomic mass is 9.94. The number of hydrogen-bond acceptors (Lipinski definition) is 4. The first kappa shape index (κ1) is 17.7. The van der Waals surface area contributed by atoms with Crippen molar-refractivity contribution in [1.82, 2.24) is 5.32 Å². The molecular weight excluding hydrogens is 362 g/mol. The molecule has 0 bridgehead atoms. The number of alkyl halides is 1. The minimum Gasteiger partial charge on any atom is -0.463 e. The maximum Gasteiger partial charge on any atom is 0.305 e. The van der Waals surface area contributed by atoms with E-state index in [0.29, 0.717) is 18.4 Å². The highest BCUT2D eigenvalue weighted by molar-refractivity contribution is 9.09. The molecule has 1 aromatic carbocycles. The molecule has 6 heteroatoms. The lowest BCUT2D eigenvalue weighted by Crippen LogP contribution is -2.31. The van der Waals surface area contributed by atoms with Crippen molar-refractivity contribution in [2.45, 2.75) is 38.1 Å². The van der Waals surface area contributed by atoms with E-state index in [0.717, 1.165) is 12.0 Å². The van der Waals surface area contributed by atoms with Gasteiger partial charge in [-0.15, -0.1) is 0 Å². The normalized spacial score (nSPS) is 20.2. The molecule has 1 aromatic rings. The van der Waals surface area contributed by atoms with Gasteiger partial charge >= 0.3 is 5.97 Å². The molecule has 0 saturated carbocycles. The van der Waals surface area contributed by atoms with E-state index in [4.69, 9.17) is 4.74 Å². The zero-order valence-electron chi connectivity index (χ0n) is 13.0. The lowest BCUT2D eigenvalue weighted by molar-refractivity contribution is -0.144. The Morgan fingerprint density at radius 3 is 2.61 bits per heavy atom. The third kappa shape index (κ3) is 4.64. The third-order valence-corrected chi connectivity index (χ3v) is 4.35. The maximum absolute atomic E-state index is 12.1. The number of ketones is 1. The van der Waals surface area contributed by atoms with Crippen molar-refractivity contribution in [2.24, 2.45) is 0 Å². The molecule has 0 spiro atoms. The molecule has 124 valence electrons. The topological polar surface area (TPSA) is 72.5 Å². The first-order valence-electron chi connectivity index (χ1n) is 7.70. The fourth-order valence-electron chi connectivity index (χ4n) is 2.60. The first-order chi connectivity index (χ1) is 11.0. The van der Waals surface area contributed by atoms with Crippen molar-refractivity contribution >= 4 is 33.6 Å². The third-order valence-electron chi connectivity index (χ3n) is 3.84. The Morgan fingerprint density at radius 1 is 1.30 bits per heavy atom. The molecule has 1 aliphatic rings. The van der Waals surface area contributed by atoms with Gasteiger partial charge in [-0.05, 0) is 18.4 Å². The summed E-state index contributed by atoms with van der Waals surface area (Å²) in [5, 5.41) is 3.14. The Labute approximate surface area is 143 Å². The number of esters is 1. The Balaban J connectivity index is 1.94. The number of carbonyl (C=O) groups is 3. The molecular formula is C17H20BrNO4. The second-order valence-corrected chi connectivity index (χ2v) is 6.17. The summed E-state index contributed by atoms with van der Waals surface area (Å²) in [7, 11) is 0. The number of benzene rings is 1. The maximum atomic E-state index is 12.1. The van der Waals surface area contributed by atoms with Gasteiger partial charge in [0.15, 0.2) is 5.78 Å². The molecule has 2 atom stereocenters. The Bertz CT molecular complexity index is 585. The average molecular weight is 382 g/mol. The standard InChI is InChI=1S/C17H20BrNO4/c1-2-3-16(21)23-10-13-8-14(17(22)19-13)11-4-6-12(7-5-11)15(20)9-18/h4-7,13-14H,2-3,8-10H2,1H3,(H,19,22). The zero-order valence-corrected chi connectivity index (χ0v) is 14.6. The van der Waals surface area contributed by atoms with Crippen molar-refractivity contribution in [3.05, 3.63) is 35.4 Å². The molecule has 1 fully saturated rings. The second kappa shape index (κ2) is 8.24. The summed E-state index contributed by atoms with van der Waals surface area (Å²) in [6.45, 7) is 2.12. The van der Waals surface area contributed by atoms with Crippen molar-refractivity contribution < 1.29 is 19.1 Å². The predicted molar refractivity (Wildman–Crippen MR) is 89.7 cm³/mol. The number of carbonyl (C=O) groups excluding carboxylic acids is 3. The number of amides is 1. The number of hydrogen-bond donors (Lipinski definition) is 1. The SMILES string of the molecule is CCCC(=O)OCC1CC(c2ccc(C(=O)CBr)cc2)C(=O)N1. The highest BCUT2D eigenvalue weighted by atomic mass is 79.9. The smallest absolute Gasteiger partial charge is 0.305 e. The molecule has 0 aliphatic carbocycles. The highest BCUT2D eigenvalue weighted by Gasteiger charge is 2.33. The minimum absolute atomic E-state index is 0.00753. The second-order valence-electron chi connectivity index (χ2n) is 5.61. The number of nitrogens with one attached hydrogen (secondary N) is 1. The van der Waals surface area contributed by atoms with E-state index >= 15 is 0 Å². The van der Waals surface area contributed by atoms with Crippen LogP contribution in [0.2, 0.25) is 0 Å². The van der Waals surface area contributed by atoms with E-state index in [2.05, 4.69) is 21.2 Å². The van der Waals surface area contributed by atoms with Gasteiger partial charge in [-0.1, -0.05) is 47.1 Å². The number of rotatable bonds is 7. The Morgan fingerprint density at radius 2 is 2.00 bits per heavy atom. The first-order valence-corrected chi connectivity index (χ1v) is 8.82. The van der Waals surface area contributed by atoms with Gasteiger partial charge < -0.3 is 10.1 Å². The minimum atomic E-state index is -0.266. The fraction of sp³-hybridized carbons (Fsp3) is 0.471. The molecule has 0 radical (unpaired) electrons. The van der Waals surface area contributed by atoms with Crippen LogP contribution in [0.15, 0.2) is 24.3 Å². The zero-order chi connectivity index (χ0) is 16.8. The van der Waals surface area contributed by atoms with Gasteiger partial charge in [0.2, 0.25) is 5.91 Å². The number of halogens is 1. The summed E-state index contributed by atoms with van der Waals surface area (Å²) >= 11 is 3.14. The van der Waals surface area contributed by atoms with E-state index in [1.54, 1.807) is 12.1 Å². The monoisotopic (exact) mass is 381 g/mol. The van der Waals surface area contributed by atoms with Crippen LogP contribution < -0.4 is 5.32 Å². The van der Waals surface area contributed by atoms with Crippen LogP contribution in [0.1, 0.15) is 48.0 Å². The predicted octanol–water partition coefficient (Wildman–Crippen LogP) is 2.58. The van der Waals surface area contributed by atoms with Crippen LogP contribution in [-0.2, 0) is 14.3 Å². The summed E-state index contributed by atoms with van der Waals surface area (Å²) < 4.78 is 5.16. The van der Waals surface area contributed by atoms with Gasteiger partial charge in [0.05, 0.1) is 17.3 Å². The quantitative estimate of drug-likeness (QED) is 0.447. The fourth-order valence-corrected chi connectivity index (χ4v) is 2.92. The largest absolute Gasteiger partial charge is 0.463 e. The summed E-state index contributed by atoms with van der Waals surface area (Å²) in [6.07, 6.45) is 1.73. The van der Waals surface area contributed by atoms with E-state index in [9.17, 15) is 14.4 Å². The number of ether oxygens (including phenoxy) is 1. The summed E-state index contributed by atoms with van der Waals surface area (Å²) in [6, 6.07) is 6.94. The van der Waals surface area contributed by atoms with Gasteiger partial charge in [0, 0.05) is 12.0 Å². The van der Waals surface area contributed by atoms with Crippen molar-refractivity contribution in [2.75, 3.05) is 11.9 Å². The van der Waals surface area contributed by atoms with E-state index < -0.39 is 0 Å². The molecule has 1 saturated heterocycles. The summed E-state index contributed by atoms with van der Waals surface area (Å²) in [5.41, 5.74) is 1.49. The Kier molecular flexibility index (Phi) is 6.33. The summed E-state index contributed by atoms with van der Waals surface area (Å²) in [4.78, 5) is 35.1. The molecule has 5 nitrogen and oxygen atoms in total. The van der Waals surface area contributed by atoms with Crippen LogP contribution >= 0.6 is 15.9 Å². The number of Topliss-reactive ketones (excluding diaryl/α,β-unsaturated/α-hetero) is 1. The van der Waals surface area contributed by atoms with Crippen molar-refractivity contribution in [3.8, 4) is 0 Å². The molecule has 2 unspecified atom stereocenters. The average Bonchev–Trinajstić information content (AvgIpc) is 2.93. The molecule has 1 heterocycles. The van der Waals surface area contributed by atoms with Crippen LogP contribution in [0.25, 0.3) is 0 Å². The van der Waals surface area contributed by atoms with Crippen molar-refractivity contribution in [3.63, 3.8) is 0 Å². The van der Waals surface area contributed by atoms with Crippen molar-refractivity contribution in [1.29, 1.82) is 0 Å². The molecule has 2 rings (SSSR count). The Hall–Kier alpha value is -1.69. The van der Waals surface area contributed by atoms with Gasteiger partial charge in [0.25, 0.3) is 0 Å². The van der Waals surface area contributed by atoms with Crippen LogP contribution in [-0.4, -0.2) is 35.6 Å². The molecule has 23 heavy (non-hydrogen) atoms. The van der Waals surface area contributed by atoms with Crippen LogP contribution in [0.4, 0.5) is 0 Å². The van der Waals surface area contributed by atoms with Crippen LogP contribution in [0, 0.1) is 0 Å². The van der Waals surface area contributed by atoms with E-state index in [-0.39, 0.29) is 41.6 Å². The highest BCUT2D eigenvalue weighted by Crippen LogP contribution is 2.27. The van der Waals surface area contributed by atoms with E-state index in [1.807, 2.05) is 19.1 Å². The van der Waals surface area contributed by atoms with E-state index in [1.165, 1.54) is 0 Å². The molecule has 0 aromatic heterocycles.